The molecule has 1 unspecified atom stereocenters. The van der Waals surface area contributed by atoms with E-state index in [-0.39, 0.29) is 10.6 Å². The quantitative estimate of drug-likeness (QED) is 0.571. The molecule has 1 atom stereocenters. The fourth-order valence-corrected chi connectivity index (χ4v) is 2.75. The number of carbonyl (C=O) groups is 1. The van der Waals surface area contributed by atoms with E-state index in [0.717, 1.165) is 0 Å². The Balaban J connectivity index is 3.04. The van der Waals surface area contributed by atoms with E-state index in [0.29, 0.717) is 0 Å². The summed E-state index contributed by atoms with van der Waals surface area (Å²) in [5.74, 6) is -1.81. The molecule has 1 aromatic rings. The van der Waals surface area contributed by atoms with Crippen LogP contribution in [0.1, 0.15) is 0 Å². The summed E-state index contributed by atoms with van der Waals surface area (Å²) >= 11 is 0. The Labute approximate surface area is 92.8 Å². The molecule has 1 rings (SSSR count). The van der Waals surface area contributed by atoms with Gasteiger partial charge in [-0.3, -0.25) is 0 Å². The highest BCUT2D eigenvalue weighted by Crippen LogP contribution is 2.18. The summed E-state index contributed by atoms with van der Waals surface area (Å²) in [4.78, 5) is 10.5. The van der Waals surface area contributed by atoms with Crippen LogP contribution >= 0.6 is 0 Å². The molecule has 0 amide bonds. The van der Waals surface area contributed by atoms with Gasteiger partial charge in [-0.25, -0.2) is 13.2 Å². The molecular weight excluding hydrogens is 232 g/mol. The Hall–Kier alpha value is -1.60. The Bertz CT molecular complexity index is 498. The molecule has 6 nitrogen and oxygen atoms in total. The zero-order valence-electron chi connectivity index (χ0n) is 8.46. The second-order valence-corrected chi connectivity index (χ2v) is 5.36. The van der Waals surface area contributed by atoms with E-state index < -0.39 is 27.6 Å². The zero-order chi connectivity index (χ0) is 12.3. The Kier molecular flexibility index (Phi) is 3.51. The van der Waals surface area contributed by atoms with Gasteiger partial charge in [0.25, 0.3) is 0 Å². The molecule has 0 aromatic heterocycles. The monoisotopic (exact) mass is 245 g/mol. The van der Waals surface area contributed by atoms with Gasteiger partial charge in [0, 0.05) is 0 Å². The summed E-state index contributed by atoms with van der Waals surface area (Å²) in [7, 11) is -3.70. The van der Waals surface area contributed by atoms with Crippen LogP contribution in [0.15, 0.2) is 29.2 Å². The Morgan fingerprint density at radius 3 is 2.50 bits per heavy atom. The lowest BCUT2D eigenvalue weighted by Gasteiger charge is -2.07. The highest BCUT2D eigenvalue weighted by atomic mass is 32.2. The van der Waals surface area contributed by atoms with Crippen LogP contribution in [0.5, 0.6) is 0 Å². The molecule has 0 aliphatic carbocycles. The van der Waals surface area contributed by atoms with E-state index >= 15 is 0 Å². The van der Waals surface area contributed by atoms with Gasteiger partial charge in [0.1, 0.15) is 5.75 Å². The van der Waals surface area contributed by atoms with Gasteiger partial charge in [-0.05, 0) is 12.1 Å². The number of carboxylic acids is 1. The SMILES string of the molecule is Nc1ccccc1S(=O)(=O)CC([NH3+])C(=O)O. The van der Waals surface area contributed by atoms with Crippen LogP contribution in [0.3, 0.4) is 0 Å². The largest absolute Gasteiger partial charge is 0.477 e. The summed E-state index contributed by atoms with van der Waals surface area (Å²) in [6.07, 6.45) is 0. The average Bonchev–Trinajstić information content (AvgIpc) is 2.17. The van der Waals surface area contributed by atoms with Crippen molar-refractivity contribution in [2.45, 2.75) is 10.9 Å². The lowest BCUT2D eigenvalue weighted by Crippen LogP contribution is -2.67. The predicted octanol–water partition coefficient (Wildman–Crippen LogP) is -1.26. The van der Waals surface area contributed by atoms with Gasteiger partial charge in [-0.2, -0.15) is 0 Å². The van der Waals surface area contributed by atoms with Crippen molar-refractivity contribution in [3.8, 4) is 0 Å². The first-order chi connectivity index (χ1) is 7.34. The molecule has 88 valence electrons. The minimum atomic E-state index is -3.70. The third-order valence-corrected chi connectivity index (χ3v) is 3.91. The van der Waals surface area contributed by atoms with Crippen molar-refractivity contribution in [1.29, 1.82) is 0 Å². The molecule has 0 radical (unpaired) electrons. The second-order valence-electron chi connectivity index (χ2n) is 3.35. The van der Waals surface area contributed by atoms with E-state index in [1.807, 2.05) is 0 Å². The van der Waals surface area contributed by atoms with Gasteiger partial charge in [0.2, 0.25) is 0 Å². The highest BCUT2D eigenvalue weighted by Gasteiger charge is 2.27. The van der Waals surface area contributed by atoms with Crippen LogP contribution in [0, 0.1) is 0 Å². The lowest BCUT2D eigenvalue weighted by molar-refractivity contribution is -0.400. The van der Waals surface area contributed by atoms with Gasteiger partial charge in [0.15, 0.2) is 15.9 Å². The minimum absolute atomic E-state index is 0.0510. The number of quaternary nitrogens is 1. The van der Waals surface area contributed by atoms with Crippen LogP contribution in [-0.2, 0) is 14.6 Å². The summed E-state index contributed by atoms with van der Waals surface area (Å²) < 4.78 is 23.6. The zero-order valence-corrected chi connectivity index (χ0v) is 9.28. The Morgan fingerprint density at radius 2 is 2.00 bits per heavy atom. The van der Waals surface area contributed by atoms with Crippen molar-refractivity contribution < 1.29 is 24.1 Å². The number of para-hydroxylation sites is 1. The van der Waals surface area contributed by atoms with Crippen molar-refractivity contribution in [2.75, 3.05) is 11.5 Å². The third-order valence-electron chi connectivity index (χ3n) is 2.02. The van der Waals surface area contributed by atoms with E-state index in [4.69, 9.17) is 10.8 Å². The summed E-state index contributed by atoms with van der Waals surface area (Å²) in [6.45, 7) is 0. The number of hydrogen-bond acceptors (Lipinski definition) is 4. The van der Waals surface area contributed by atoms with Crippen molar-refractivity contribution in [3.05, 3.63) is 24.3 Å². The van der Waals surface area contributed by atoms with E-state index in [1.165, 1.54) is 18.2 Å². The molecule has 6 N–H and O–H groups in total. The van der Waals surface area contributed by atoms with E-state index in [9.17, 15) is 13.2 Å². The molecule has 16 heavy (non-hydrogen) atoms. The number of nitrogens with two attached hydrogens (primary N) is 1. The average molecular weight is 245 g/mol. The minimum Gasteiger partial charge on any atom is -0.477 e. The molecule has 0 fully saturated rings. The number of aliphatic carboxylic acids is 1. The van der Waals surface area contributed by atoms with Crippen LogP contribution in [-0.4, -0.2) is 31.3 Å². The molecule has 0 aliphatic rings. The number of carboxylic acid groups (broad SMARTS) is 1. The van der Waals surface area contributed by atoms with Crippen molar-refractivity contribution in [3.63, 3.8) is 0 Å². The topological polar surface area (TPSA) is 125 Å². The first-order valence-corrected chi connectivity index (χ1v) is 6.13. The number of anilines is 1. The standard InChI is InChI=1S/C9H12N2O4S/c10-6-3-1-2-4-8(6)16(14,15)5-7(11)9(12)13/h1-4,7H,5,10-11H2,(H,12,13)/p+1. The summed E-state index contributed by atoms with van der Waals surface area (Å²) in [6, 6.07) is 4.73. The molecule has 0 aliphatic heterocycles. The molecule has 0 saturated heterocycles. The smallest absolute Gasteiger partial charge is 0.363 e. The number of nitrogen functional groups attached to an aromatic ring is 1. The van der Waals surface area contributed by atoms with E-state index in [2.05, 4.69) is 5.73 Å². The Morgan fingerprint density at radius 1 is 1.44 bits per heavy atom. The van der Waals surface area contributed by atoms with Gasteiger partial charge >= 0.3 is 5.97 Å². The number of rotatable bonds is 4. The van der Waals surface area contributed by atoms with Crippen LogP contribution in [0.25, 0.3) is 0 Å². The number of sulfone groups is 1. The van der Waals surface area contributed by atoms with Crippen molar-refractivity contribution >= 4 is 21.5 Å². The molecular formula is C9H13N2O4S+. The number of hydrogen-bond donors (Lipinski definition) is 3. The summed E-state index contributed by atoms with van der Waals surface area (Å²) in [5.41, 5.74) is 8.88. The fourth-order valence-electron chi connectivity index (χ4n) is 1.19. The lowest BCUT2D eigenvalue weighted by atomic mass is 10.3. The van der Waals surface area contributed by atoms with Gasteiger partial charge in [0.05, 0.1) is 10.6 Å². The molecule has 0 bridgehead atoms. The first-order valence-electron chi connectivity index (χ1n) is 4.48. The maximum atomic E-state index is 11.8. The van der Waals surface area contributed by atoms with Crippen molar-refractivity contribution in [1.82, 2.24) is 0 Å². The highest BCUT2D eigenvalue weighted by molar-refractivity contribution is 7.91. The molecule has 7 heteroatoms. The maximum Gasteiger partial charge on any atom is 0.363 e. The van der Waals surface area contributed by atoms with Crippen molar-refractivity contribution in [2.24, 2.45) is 0 Å². The molecule has 1 aromatic carbocycles. The normalized spacial score (nSPS) is 13.3. The third kappa shape index (κ3) is 2.71. The van der Waals surface area contributed by atoms with Crippen LogP contribution in [0.2, 0.25) is 0 Å². The molecule has 0 heterocycles. The number of benzene rings is 1. The predicted molar refractivity (Wildman–Crippen MR) is 57.2 cm³/mol. The van der Waals surface area contributed by atoms with Gasteiger partial charge in [-0.1, -0.05) is 12.1 Å². The second kappa shape index (κ2) is 4.50. The van der Waals surface area contributed by atoms with Gasteiger partial charge in [-0.15, -0.1) is 0 Å². The fraction of sp³-hybridized carbons (Fsp3) is 0.222. The molecule has 0 spiro atoms. The summed E-state index contributed by atoms with van der Waals surface area (Å²) in [5, 5.41) is 8.60. The van der Waals surface area contributed by atoms with Crippen LogP contribution in [0.4, 0.5) is 5.69 Å². The van der Waals surface area contributed by atoms with Crippen LogP contribution < -0.4 is 11.5 Å². The molecule has 0 saturated carbocycles. The first kappa shape index (κ1) is 12.5. The maximum absolute atomic E-state index is 11.8. The van der Waals surface area contributed by atoms with Gasteiger partial charge < -0.3 is 16.6 Å². The van der Waals surface area contributed by atoms with E-state index in [1.54, 1.807) is 6.07 Å².